The Hall–Kier alpha value is -3.30. The number of benzene rings is 2. The van der Waals surface area contributed by atoms with Crippen molar-refractivity contribution in [1.29, 1.82) is 0 Å². The Balaban J connectivity index is 2.20. The highest BCUT2D eigenvalue weighted by molar-refractivity contribution is 6.17. The monoisotopic (exact) mass is 355 g/mol. The van der Waals surface area contributed by atoms with Gasteiger partial charge in [-0.25, -0.2) is 0 Å². The fourth-order valence-corrected chi connectivity index (χ4v) is 3.49. The van der Waals surface area contributed by atoms with Crippen LogP contribution < -0.4 is 0 Å². The first kappa shape index (κ1) is 18.5. The molecule has 0 unspecified atom stereocenters. The molecule has 0 spiro atoms. The lowest BCUT2D eigenvalue weighted by molar-refractivity contribution is 0.104. The summed E-state index contributed by atoms with van der Waals surface area (Å²) in [4.78, 5) is 23.9. The maximum absolute atomic E-state index is 11.9. The van der Waals surface area contributed by atoms with Gasteiger partial charge in [-0.05, 0) is 54.7 Å². The smallest absolute Gasteiger partial charge is 0.235 e. The minimum Gasteiger partial charge on any atom is -0.340 e. The molecule has 3 nitrogen and oxygen atoms in total. The Bertz CT molecular complexity index is 1040. The van der Waals surface area contributed by atoms with Crippen molar-refractivity contribution in [2.45, 2.75) is 39.2 Å². The number of ketones is 2. The summed E-state index contributed by atoms with van der Waals surface area (Å²) in [5.41, 5.74) is 3.01. The lowest BCUT2D eigenvalue weighted by atomic mass is 10.0. The van der Waals surface area contributed by atoms with E-state index < -0.39 is 0 Å². The third kappa shape index (κ3) is 3.50. The van der Waals surface area contributed by atoms with Crippen molar-refractivity contribution in [1.82, 2.24) is 4.57 Å². The van der Waals surface area contributed by atoms with Gasteiger partial charge in [-0.3, -0.25) is 9.59 Å². The van der Waals surface area contributed by atoms with Crippen LogP contribution in [-0.2, 0) is 6.54 Å². The van der Waals surface area contributed by atoms with Crippen LogP contribution in [0.15, 0.2) is 36.4 Å². The number of unbranched alkanes of at least 4 members (excludes halogenated alkanes) is 3. The first-order chi connectivity index (χ1) is 13.1. The highest BCUT2D eigenvalue weighted by Crippen LogP contribution is 2.31. The van der Waals surface area contributed by atoms with Gasteiger partial charge in [0.2, 0.25) is 11.6 Å². The normalized spacial score (nSPS) is 10.6. The molecule has 0 amide bonds. The Kier molecular flexibility index (Phi) is 5.43. The van der Waals surface area contributed by atoms with Crippen molar-refractivity contribution in [2.75, 3.05) is 0 Å². The van der Waals surface area contributed by atoms with Gasteiger partial charge >= 0.3 is 0 Å². The molecule has 134 valence electrons. The van der Waals surface area contributed by atoms with Crippen molar-refractivity contribution in [2.24, 2.45) is 0 Å². The van der Waals surface area contributed by atoms with Gasteiger partial charge in [-0.2, -0.15) is 0 Å². The number of carbonyl (C=O) groups is 2. The van der Waals surface area contributed by atoms with E-state index in [0.717, 1.165) is 34.8 Å². The molecule has 0 radical (unpaired) electrons. The molecule has 1 heterocycles. The van der Waals surface area contributed by atoms with Gasteiger partial charge in [0.25, 0.3) is 0 Å². The summed E-state index contributed by atoms with van der Waals surface area (Å²) in [6.07, 6.45) is 15.2. The first-order valence-electron chi connectivity index (χ1n) is 9.18. The van der Waals surface area contributed by atoms with Gasteiger partial charge in [-0.1, -0.05) is 26.2 Å². The Labute approximate surface area is 159 Å². The molecule has 0 bridgehead atoms. The second kappa shape index (κ2) is 7.94. The number of carbonyl (C=O) groups excluding carboxylic acids is 2. The van der Waals surface area contributed by atoms with Gasteiger partial charge in [-0.15, -0.1) is 12.8 Å². The third-order valence-corrected chi connectivity index (χ3v) is 4.89. The zero-order chi connectivity index (χ0) is 19.4. The molecule has 3 heteroatoms. The Morgan fingerprint density at radius 2 is 1.37 bits per heavy atom. The largest absolute Gasteiger partial charge is 0.340 e. The molecular weight excluding hydrogens is 334 g/mol. The Morgan fingerprint density at radius 3 is 1.81 bits per heavy atom. The van der Waals surface area contributed by atoms with Gasteiger partial charge in [0.1, 0.15) is 0 Å². The molecule has 0 aliphatic rings. The number of aromatic nitrogens is 1. The van der Waals surface area contributed by atoms with Crippen LogP contribution in [0, 0.1) is 24.7 Å². The average Bonchev–Trinajstić information content (AvgIpc) is 3.02. The highest BCUT2D eigenvalue weighted by Gasteiger charge is 2.14. The number of rotatable bonds is 7. The third-order valence-electron chi connectivity index (χ3n) is 4.89. The summed E-state index contributed by atoms with van der Waals surface area (Å²) in [7, 11) is 0. The summed E-state index contributed by atoms with van der Waals surface area (Å²) < 4.78 is 2.24. The maximum atomic E-state index is 11.9. The van der Waals surface area contributed by atoms with Gasteiger partial charge in [0, 0.05) is 39.5 Å². The maximum Gasteiger partial charge on any atom is 0.235 e. The number of fused-ring (bicyclic) bond motifs is 3. The van der Waals surface area contributed by atoms with E-state index in [2.05, 4.69) is 23.3 Å². The van der Waals surface area contributed by atoms with Crippen LogP contribution in [0.5, 0.6) is 0 Å². The number of terminal acetylenes is 2. The topological polar surface area (TPSA) is 39.1 Å². The molecule has 3 rings (SSSR count). The summed E-state index contributed by atoms with van der Waals surface area (Å²) in [6.45, 7) is 3.07. The van der Waals surface area contributed by atoms with Gasteiger partial charge in [0.05, 0.1) is 0 Å². The standard InChI is InChI=1S/C24H21NO2/c1-4-7-8-9-14-25-21-12-10-17(23(26)5-2)15-19(21)20-16-18(24(27)6-3)11-13-22(20)25/h2-3,10-13,15-16H,4,7-9,14H2,1H3. The number of hydrogen-bond acceptors (Lipinski definition) is 2. The number of Topliss-reactive ketones (excluding diaryl/α,β-unsaturated/α-hetero) is 2. The summed E-state index contributed by atoms with van der Waals surface area (Å²) in [6, 6.07) is 11.0. The Morgan fingerprint density at radius 1 is 0.852 bits per heavy atom. The summed E-state index contributed by atoms with van der Waals surface area (Å²) in [5, 5.41) is 1.82. The van der Waals surface area contributed by atoms with Crippen LogP contribution in [0.25, 0.3) is 21.8 Å². The van der Waals surface area contributed by atoms with E-state index in [-0.39, 0.29) is 11.6 Å². The first-order valence-corrected chi connectivity index (χ1v) is 9.18. The average molecular weight is 355 g/mol. The molecule has 0 atom stereocenters. The second-order valence-corrected chi connectivity index (χ2v) is 6.62. The van der Waals surface area contributed by atoms with E-state index in [0.29, 0.717) is 11.1 Å². The molecule has 0 aliphatic heterocycles. The van der Waals surface area contributed by atoms with Gasteiger partial charge < -0.3 is 4.57 Å². The highest BCUT2D eigenvalue weighted by atomic mass is 16.1. The van der Waals surface area contributed by atoms with Gasteiger partial charge in [0.15, 0.2) is 0 Å². The molecule has 0 saturated heterocycles. The lowest BCUT2D eigenvalue weighted by Crippen LogP contribution is -1.99. The van der Waals surface area contributed by atoms with E-state index in [1.54, 1.807) is 12.1 Å². The van der Waals surface area contributed by atoms with Crippen molar-refractivity contribution in [3.05, 3.63) is 47.5 Å². The molecule has 0 N–H and O–H groups in total. The van der Waals surface area contributed by atoms with Crippen molar-refractivity contribution in [3.8, 4) is 24.7 Å². The predicted octanol–water partition coefficient (Wildman–Crippen LogP) is 5.01. The van der Waals surface area contributed by atoms with Crippen molar-refractivity contribution < 1.29 is 9.59 Å². The van der Waals surface area contributed by atoms with E-state index in [9.17, 15) is 9.59 Å². The van der Waals surface area contributed by atoms with Crippen LogP contribution in [0.4, 0.5) is 0 Å². The van der Waals surface area contributed by atoms with E-state index in [1.807, 2.05) is 24.3 Å². The zero-order valence-electron chi connectivity index (χ0n) is 15.4. The van der Waals surface area contributed by atoms with Crippen molar-refractivity contribution >= 4 is 33.4 Å². The molecule has 1 aromatic heterocycles. The van der Waals surface area contributed by atoms with Crippen LogP contribution in [0.3, 0.4) is 0 Å². The summed E-state index contributed by atoms with van der Waals surface area (Å²) in [5.74, 6) is 3.62. The van der Waals surface area contributed by atoms with Crippen LogP contribution >= 0.6 is 0 Å². The fourth-order valence-electron chi connectivity index (χ4n) is 3.49. The van der Waals surface area contributed by atoms with E-state index in [1.165, 1.54) is 19.3 Å². The lowest BCUT2D eigenvalue weighted by Gasteiger charge is -2.07. The molecule has 27 heavy (non-hydrogen) atoms. The molecule has 2 aromatic carbocycles. The molecule has 0 aliphatic carbocycles. The number of hydrogen-bond donors (Lipinski definition) is 0. The SMILES string of the molecule is C#CC(=O)c1ccc2c(c1)c1cc(C(=O)C#C)ccc1n2CCCCCC. The molecular formula is C24H21NO2. The zero-order valence-corrected chi connectivity index (χ0v) is 15.4. The minimum absolute atomic E-state index is 0.350. The van der Waals surface area contributed by atoms with E-state index in [4.69, 9.17) is 12.8 Å². The van der Waals surface area contributed by atoms with E-state index >= 15 is 0 Å². The quantitative estimate of drug-likeness (QED) is 0.259. The number of nitrogens with zero attached hydrogens (tertiary/aromatic N) is 1. The van der Waals surface area contributed by atoms with Crippen LogP contribution in [0.2, 0.25) is 0 Å². The minimum atomic E-state index is -0.350. The molecule has 0 saturated carbocycles. The molecule has 3 aromatic rings. The number of aryl methyl sites for hydroxylation is 1. The summed E-state index contributed by atoms with van der Waals surface area (Å²) >= 11 is 0. The fraction of sp³-hybridized carbons (Fsp3) is 0.250. The predicted molar refractivity (Wildman–Crippen MR) is 110 cm³/mol. The van der Waals surface area contributed by atoms with Crippen molar-refractivity contribution in [3.63, 3.8) is 0 Å². The van der Waals surface area contributed by atoms with Crippen LogP contribution in [0.1, 0.15) is 53.3 Å². The second-order valence-electron chi connectivity index (χ2n) is 6.62. The molecule has 0 fully saturated rings. The van der Waals surface area contributed by atoms with Crippen LogP contribution in [-0.4, -0.2) is 16.1 Å².